The molecule has 1 spiro atoms. The number of hydrogen-bond donors (Lipinski definition) is 2. The Morgan fingerprint density at radius 2 is 1.90 bits per heavy atom. The quantitative estimate of drug-likeness (QED) is 0.648. The van der Waals surface area contributed by atoms with Crippen molar-refractivity contribution in [3.8, 4) is 11.5 Å². The van der Waals surface area contributed by atoms with E-state index in [-0.39, 0.29) is 0 Å². The van der Waals surface area contributed by atoms with Crippen molar-refractivity contribution in [2.75, 3.05) is 71.0 Å². The lowest BCUT2D eigenvalue weighted by Gasteiger charge is -2.39. The van der Waals surface area contributed by atoms with E-state index in [9.17, 15) is 5.11 Å². The normalized spacial score (nSPS) is 23.5. The van der Waals surface area contributed by atoms with E-state index in [1.54, 1.807) is 7.11 Å². The van der Waals surface area contributed by atoms with Crippen molar-refractivity contribution in [3.63, 3.8) is 0 Å². The summed E-state index contributed by atoms with van der Waals surface area (Å²) in [4.78, 5) is 4.87. The minimum Gasteiger partial charge on any atom is -0.493 e. The van der Waals surface area contributed by atoms with Crippen molar-refractivity contribution in [2.45, 2.75) is 31.9 Å². The van der Waals surface area contributed by atoms with Gasteiger partial charge >= 0.3 is 0 Å². The zero-order chi connectivity index (χ0) is 20.8. The standard InChI is InChI=1S/C23H37N3O3S/c1-28-22-14-19(15-26-10-12-30-13-11-26)2-3-21(22)29-17-20(27)16-25-8-5-23(6-9-25)4-7-24-18-23/h2-3,14,20,24,27H,4-13,15-18H2,1H3. The van der Waals surface area contributed by atoms with Gasteiger partial charge in [0.15, 0.2) is 11.5 Å². The van der Waals surface area contributed by atoms with Crippen LogP contribution in [-0.2, 0) is 6.54 Å². The Balaban J connectivity index is 1.23. The topological polar surface area (TPSA) is 57.2 Å². The number of rotatable bonds is 8. The third kappa shape index (κ3) is 5.82. The summed E-state index contributed by atoms with van der Waals surface area (Å²) >= 11 is 2.03. The molecule has 30 heavy (non-hydrogen) atoms. The fourth-order valence-electron chi connectivity index (χ4n) is 4.92. The molecule has 0 radical (unpaired) electrons. The van der Waals surface area contributed by atoms with Gasteiger partial charge in [0, 0.05) is 44.2 Å². The molecular weight excluding hydrogens is 398 g/mol. The van der Waals surface area contributed by atoms with Gasteiger partial charge in [-0.05, 0) is 62.0 Å². The molecule has 0 aromatic heterocycles. The van der Waals surface area contributed by atoms with Crippen LogP contribution in [0.4, 0.5) is 0 Å². The van der Waals surface area contributed by atoms with Gasteiger partial charge in [0.1, 0.15) is 12.7 Å². The van der Waals surface area contributed by atoms with Gasteiger partial charge in [-0.2, -0.15) is 11.8 Å². The fourth-order valence-corrected chi connectivity index (χ4v) is 5.89. The van der Waals surface area contributed by atoms with Crippen LogP contribution in [0, 0.1) is 5.41 Å². The van der Waals surface area contributed by atoms with Gasteiger partial charge in [-0.3, -0.25) is 4.90 Å². The first-order valence-electron chi connectivity index (χ1n) is 11.4. The zero-order valence-electron chi connectivity index (χ0n) is 18.3. The monoisotopic (exact) mass is 435 g/mol. The number of likely N-dealkylation sites (tertiary alicyclic amines) is 1. The van der Waals surface area contributed by atoms with Crippen LogP contribution in [0.15, 0.2) is 18.2 Å². The van der Waals surface area contributed by atoms with E-state index in [2.05, 4.69) is 27.2 Å². The van der Waals surface area contributed by atoms with Gasteiger partial charge in [0.25, 0.3) is 0 Å². The third-order valence-electron chi connectivity index (χ3n) is 6.89. The van der Waals surface area contributed by atoms with Crippen molar-refractivity contribution in [1.29, 1.82) is 0 Å². The Morgan fingerprint density at radius 3 is 2.60 bits per heavy atom. The molecule has 0 aliphatic carbocycles. The van der Waals surface area contributed by atoms with Gasteiger partial charge in [-0.15, -0.1) is 0 Å². The average molecular weight is 436 g/mol. The number of nitrogens with zero attached hydrogens (tertiary/aromatic N) is 2. The molecular formula is C23H37N3O3S. The van der Waals surface area contributed by atoms with Crippen molar-refractivity contribution >= 4 is 11.8 Å². The molecule has 1 aromatic rings. The van der Waals surface area contributed by atoms with Gasteiger partial charge in [0.05, 0.1) is 7.11 Å². The zero-order valence-corrected chi connectivity index (χ0v) is 19.1. The second-order valence-electron chi connectivity index (χ2n) is 9.07. The van der Waals surface area contributed by atoms with Crippen LogP contribution in [0.5, 0.6) is 11.5 Å². The summed E-state index contributed by atoms with van der Waals surface area (Å²) < 4.78 is 11.5. The second-order valence-corrected chi connectivity index (χ2v) is 10.3. The lowest BCUT2D eigenvalue weighted by molar-refractivity contribution is 0.0402. The molecule has 4 rings (SSSR count). The number of β-amino-alcohol motifs (C(OH)–C–C–N with tert-alkyl or cyclic N) is 1. The van der Waals surface area contributed by atoms with E-state index in [4.69, 9.17) is 9.47 Å². The summed E-state index contributed by atoms with van der Waals surface area (Å²) in [5.74, 6) is 3.89. The Hall–Kier alpha value is -0.990. The Labute approximate surface area is 185 Å². The molecule has 7 heteroatoms. The van der Waals surface area contributed by atoms with Gasteiger partial charge in [-0.1, -0.05) is 6.07 Å². The molecule has 1 unspecified atom stereocenters. The Bertz CT molecular complexity index is 668. The average Bonchev–Trinajstić information content (AvgIpc) is 3.23. The molecule has 0 saturated carbocycles. The fraction of sp³-hybridized carbons (Fsp3) is 0.739. The molecule has 3 saturated heterocycles. The molecule has 1 aromatic carbocycles. The number of benzene rings is 1. The van der Waals surface area contributed by atoms with E-state index < -0.39 is 6.10 Å². The highest BCUT2D eigenvalue weighted by atomic mass is 32.2. The van der Waals surface area contributed by atoms with Gasteiger partial charge in [-0.25, -0.2) is 0 Å². The summed E-state index contributed by atoms with van der Waals surface area (Å²) in [6, 6.07) is 6.17. The van der Waals surface area contributed by atoms with Crippen molar-refractivity contribution in [1.82, 2.24) is 15.1 Å². The molecule has 1 atom stereocenters. The predicted molar refractivity (Wildman–Crippen MR) is 123 cm³/mol. The maximum absolute atomic E-state index is 10.5. The third-order valence-corrected chi connectivity index (χ3v) is 7.83. The molecule has 168 valence electrons. The molecule has 3 fully saturated rings. The molecule has 2 N–H and O–H groups in total. The number of aliphatic hydroxyl groups excluding tert-OH is 1. The molecule has 0 amide bonds. The molecule has 3 aliphatic heterocycles. The van der Waals surface area contributed by atoms with E-state index in [1.807, 2.05) is 17.8 Å². The number of ether oxygens (including phenoxy) is 2. The highest BCUT2D eigenvalue weighted by molar-refractivity contribution is 7.99. The largest absolute Gasteiger partial charge is 0.493 e. The maximum Gasteiger partial charge on any atom is 0.161 e. The molecule has 3 aliphatic rings. The van der Waals surface area contributed by atoms with E-state index in [1.165, 1.54) is 42.9 Å². The van der Waals surface area contributed by atoms with Crippen LogP contribution < -0.4 is 14.8 Å². The van der Waals surface area contributed by atoms with Crippen molar-refractivity contribution < 1.29 is 14.6 Å². The minimum atomic E-state index is -0.490. The van der Waals surface area contributed by atoms with Crippen LogP contribution in [-0.4, -0.2) is 92.0 Å². The lowest BCUT2D eigenvalue weighted by Crippen LogP contribution is -2.45. The van der Waals surface area contributed by atoms with Crippen LogP contribution in [0.1, 0.15) is 24.8 Å². The summed E-state index contributed by atoms with van der Waals surface area (Å²) in [5, 5.41) is 14.0. The van der Waals surface area contributed by atoms with Gasteiger partial charge < -0.3 is 24.8 Å². The number of thioether (sulfide) groups is 1. The Morgan fingerprint density at radius 1 is 1.10 bits per heavy atom. The highest BCUT2D eigenvalue weighted by Gasteiger charge is 2.37. The van der Waals surface area contributed by atoms with Crippen LogP contribution in [0.2, 0.25) is 0 Å². The molecule has 6 nitrogen and oxygen atoms in total. The van der Waals surface area contributed by atoms with Gasteiger partial charge in [0.2, 0.25) is 0 Å². The number of methoxy groups -OCH3 is 1. The summed E-state index contributed by atoms with van der Waals surface area (Å²) in [6.45, 7) is 8.69. The van der Waals surface area contributed by atoms with Crippen LogP contribution >= 0.6 is 11.8 Å². The first-order chi connectivity index (χ1) is 14.7. The second kappa shape index (κ2) is 10.6. The number of aliphatic hydroxyl groups is 1. The minimum absolute atomic E-state index is 0.294. The Kier molecular flexibility index (Phi) is 7.81. The predicted octanol–water partition coefficient (Wildman–Crippen LogP) is 2.06. The first-order valence-corrected chi connectivity index (χ1v) is 12.5. The molecule has 0 bridgehead atoms. The van der Waals surface area contributed by atoms with Crippen molar-refractivity contribution in [3.05, 3.63) is 23.8 Å². The SMILES string of the molecule is COc1cc(CN2CCSCC2)ccc1OCC(O)CN1CCC2(CCNC2)CC1. The number of nitrogens with one attached hydrogen (secondary N) is 1. The van der Waals surface area contributed by atoms with E-state index in [0.717, 1.165) is 45.0 Å². The highest BCUT2D eigenvalue weighted by Crippen LogP contribution is 2.37. The summed E-state index contributed by atoms with van der Waals surface area (Å²) in [5.41, 5.74) is 1.76. The lowest BCUT2D eigenvalue weighted by atomic mass is 9.78. The van der Waals surface area contributed by atoms with Crippen LogP contribution in [0.3, 0.4) is 0 Å². The number of piperidine rings is 1. The molecule has 3 heterocycles. The van der Waals surface area contributed by atoms with Crippen molar-refractivity contribution in [2.24, 2.45) is 5.41 Å². The smallest absolute Gasteiger partial charge is 0.161 e. The summed E-state index contributed by atoms with van der Waals surface area (Å²) in [7, 11) is 1.68. The van der Waals surface area contributed by atoms with Crippen LogP contribution in [0.25, 0.3) is 0 Å². The van der Waals surface area contributed by atoms with E-state index >= 15 is 0 Å². The summed E-state index contributed by atoms with van der Waals surface area (Å²) in [6.07, 6.45) is 3.28. The first kappa shape index (κ1) is 22.2. The van der Waals surface area contributed by atoms with E-state index in [0.29, 0.717) is 24.3 Å². The number of hydrogen-bond acceptors (Lipinski definition) is 7. The maximum atomic E-state index is 10.5.